The van der Waals surface area contributed by atoms with Gasteiger partial charge < -0.3 is 13.8 Å². The molecule has 3 heterocycles. The van der Waals surface area contributed by atoms with E-state index >= 15 is 0 Å². The fourth-order valence-corrected chi connectivity index (χ4v) is 2.21. The van der Waals surface area contributed by atoms with Crippen molar-refractivity contribution in [2.24, 2.45) is 0 Å². The van der Waals surface area contributed by atoms with E-state index in [9.17, 15) is 14.4 Å². The summed E-state index contributed by atoms with van der Waals surface area (Å²) in [6.07, 6.45) is 2.82. The van der Waals surface area contributed by atoms with Gasteiger partial charge in [0.2, 0.25) is 11.8 Å². The van der Waals surface area contributed by atoms with Crippen LogP contribution in [0, 0.1) is 6.92 Å². The van der Waals surface area contributed by atoms with Crippen molar-refractivity contribution in [1.29, 1.82) is 0 Å². The third-order valence-corrected chi connectivity index (χ3v) is 3.24. The summed E-state index contributed by atoms with van der Waals surface area (Å²) >= 11 is 0. The van der Waals surface area contributed by atoms with E-state index in [1.165, 1.54) is 24.1 Å². The molecule has 10 heteroatoms. The minimum atomic E-state index is -0.660. The Morgan fingerprint density at radius 2 is 2.21 bits per heavy atom. The maximum Gasteiger partial charge on any atom is 0.341 e. The van der Waals surface area contributed by atoms with Crippen LogP contribution >= 0.6 is 0 Å². The number of anilines is 1. The maximum absolute atomic E-state index is 12.1. The number of amides is 1. The van der Waals surface area contributed by atoms with E-state index in [1.807, 2.05) is 0 Å². The molecule has 0 spiro atoms. The average Bonchev–Trinajstić information content (AvgIpc) is 3.12. The van der Waals surface area contributed by atoms with Gasteiger partial charge in [0.1, 0.15) is 17.8 Å². The summed E-state index contributed by atoms with van der Waals surface area (Å²) < 4.78 is 11.0. The molecule has 3 rings (SSSR count). The number of methoxy groups -OCH3 is 1. The summed E-state index contributed by atoms with van der Waals surface area (Å²) in [5.74, 6) is -0.866. The quantitative estimate of drug-likeness (QED) is 0.661. The van der Waals surface area contributed by atoms with E-state index in [0.29, 0.717) is 5.69 Å². The van der Waals surface area contributed by atoms with E-state index in [1.54, 1.807) is 13.0 Å². The Bertz CT molecular complexity index is 937. The molecule has 0 saturated heterocycles. The molecule has 10 nitrogen and oxygen atoms in total. The van der Waals surface area contributed by atoms with Gasteiger partial charge in [-0.1, -0.05) is 5.16 Å². The normalized spacial score (nSPS) is 10.8. The minimum Gasteiger partial charge on any atom is -0.465 e. The lowest BCUT2D eigenvalue weighted by Gasteiger charge is -2.11. The molecule has 2 N–H and O–H groups in total. The van der Waals surface area contributed by atoms with Crippen LogP contribution in [0.3, 0.4) is 0 Å². The number of rotatable bonds is 4. The van der Waals surface area contributed by atoms with Gasteiger partial charge in [-0.05, 0) is 6.92 Å². The number of aromatic amines is 1. The number of carbonyl (C=O) groups is 2. The first-order valence-corrected chi connectivity index (χ1v) is 6.87. The predicted octanol–water partition coefficient (Wildman–Crippen LogP) is 0.398. The van der Waals surface area contributed by atoms with Crippen molar-refractivity contribution in [3.05, 3.63) is 40.1 Å². The highest BCUT2D eigenvalue weighted by atomic mass is 16.5. The fraction of sp³-hybridized carbons (Fsp3) is 0.214. The second-order valence-corrected chi connectivity index (χ2v) is 5.03. The van der Waals surface area contributed by atoms with Crippen LogP contribution in [0.5, 0.6) is 0 Å². The Morgan fingerprint density at radius 1 is 1.42 bits per heavy atom. The minimum absolute atomic E-state index is 0.0802. The van der Waals surface area contributed by atoms with Gasteiger partial charge in [-0.25, -0.2) is 9.89 Å². The first-order chi connectivity index (χ1) is 11.5. The van der Waals surface area contributed by atoms with Gasteiger partial charge in [0.05, 0.1) is 18.4 Å². The van der Waals surface area contributed by atoms with E-state index in [-0.39, 0.29) is 29.2 Å². The molecule has 0 aromatic carbocycles. The van der Waals surface area contributed by atoms with E-state index in [0.717, 1.165) is 0 Å². The number of H-pyrrole nitrogens is 1. The summed E-state index contributed by atoms with van der Waals surface area (Å²) in [5.41, 5.74) is 0.616. The number of aromatic nitrogens is 4. The molecule has 24 heavy (non-hydrogen) atoms. The predicted molar refractivity (Wildman–Crippen MR) is 80.7 cm³/mol. The summed E-state index contributed by atoms with van der Waals surface area (Å²) in [6.45, 7) is 1.57. The van der Waals surface area contributed by atoms with Crippen LogP contribution in [0.1, 0.15) is 16.1 Å². The van der Waals surface area contributed by atoms with Crippen LogP contribution in [-0.4, -0.2) is 38.9 Å². The Kier molecular flexibility index (Phi) is 3.86. The number of carbonyl (C=O) groups excluding carboxylic acids is 2. The molecule has 0 fully saturated rings. The molecule has 0 radical (unpaired) electrons. The maximum atomic E-state index is 12.1. The second kappa shape index (κ2) is 5.99. The average molecular weight is 331 g/mol. The van der Waals surface area contributed by atoms with Crippen molar-refractivity contribution in [3.8, 4) is 11.3 Å². The number of pyridine rings is 1. The molecule has 0 atom stereocenters. The zero-order chi connectivity index (χ0) is 17.3. The number of aryl methyl sites for hydroxylation is 1. The van der Waals surface area contributed by atoms with Gasteiger partial charge in [0.25, 0.3) is 5.56 Å². The van der Waals surface area contributed by atoms with Gasteiger partial charge in [-0.15, -0.1) is 0 Å². The molecule has 0 bridgehead atoms. The molecule has 0 unspecified atom stereocenters. The van der Waals surface area contributed by atoms with Gasteiger partial charge >= 0.3 is 5.97 Å². The van der Waals surface area contributed by atoms with Crippen molar-refractivity contribution >= 4 is 17.8 Å². The SMILES string of the molecule is COC(=O)c1cn(CC(=O)Nc2cc(C)no2)cc2c(=O)[nH]nc1-2. The zero-order valence-electron chi connectivity index (χ0n) is 12.8. The molecule has 0 aliphatic carbocycles. The summed E-state index contributed by atoms with van der Waals surface area (Å²) in [5, 5.41) is 12.3. The van der Waals surface area contributed by atoms with Crippen LogP contribution < -0.4 is 10.9 Å². The molecule has 1 aromatic heterocycles. The van der Waals surface area contributed by atoms with Crippen LogP contribution in [-0.2, 0) is 16.1 Å². The molecule has 1 aromatic rings. The molecule has 2 aliphatic heterocycles. The molecule has 1 amide bonds. The molecule has 0 saturated carbocycles. The van der Waals surface area contributed by atoms with Crippen molar-refractivity contribution < 1.29 is 18.8 Å². The van der Waals surface area contributed by atoms with E-state index in [2.05, 4.69) is 25.4 Å². The molecule has 2 aliphatic rings. The Morgan fingerprint density at radius 3 is 2.88 bits per heavy atom. The van der Waals surface area contributed by atoms with E-state index < -0.39 is 17.4 Å². The monoisotopic (exact) mass is 331 g/mol. The highest BCUT2D eigenvalue weighted by Gasteiger charge is 2.22. The fourth-order valence-electron chi connectivity index (χ4n) is 2.21. The third kappa shape index (κ3) is 2.89. The standard InChI is InChI=1S/C14H13N5O5/c1-7-3-11(24-18-7)15-10(20)6-19-4-8-12(16-17-13(8)21)9(5-19)14(22)23-2/h3-5H,6H2,1-2H3,(H,15,20)(H,17,21). The summed E-state index contributed by atoms with van der Waals surface area (Å²) in [7, 11) is 1.22. The highest BCUT2D eigenvalue weighted by Crippen LogP contribution is 2.20. The molecular weight excluding hydrogens is 318 g/mol. The zero-order valence-corrected chi connectivity index (χ0v) is 12.8. The second-order valence-electron chi connectivity index (χ2n) is 5.03. The summed E-state index contributed by atoms with van der Waals surface area (Å²) in [4.78, 5) is 35.7. The van der Waals surface area contributed by atoms with Crippen molar-refractivity contribution in [3.63, 3.8) is 0 Å². The molecule has 124 valence electrons. The molecular formula is C14H13N5O5. The number of ether oxygens (including phenoxy) is 1. The van der Waals surface area contributed by atoms with Crippen molar-refractivity contribution in [2.45, 2.75) is 13.5 Å². The topological polar surface area (TPSA) is 132 Å². The lowest BCUT2D eigenvalue weighted by atomic mass is 10.1. The van der Waals surface area contributed by atoms with Crippen LogP contribution in [0.15, 0.2) is 27.8 Å². The summed E-state index contributed by atoms with van der Waals surface area (Å²) in [6, 6.07) is 1.57. The van der Waals surface area contributed by atoms with Gasteiger partial charge in [0.15, 0.2) is 0 Å². The van der Waals surface area contributed by atoms with Gasteiger partial charge in [0, 0.05) is 18.5 Å². The first-order valence-electron chi connectivity index (χ1n) is 6.87. The lowest BCUT2D eigenvalue weighted by molar-refractivity contribution is -0.116. The van der Waals surface area contributed by atoms with Crippen LogP contribution in [0.4, 0.5) is 5.88 Å². The number of nitrogens with one attached hydrogen (secondary N) is 2. The van der Waals surface area contributed by atoms with Crippen LogP contribution in [0.2, 0.25) is 0 Å². The third-order valence-electron chi connectivity index (χ3n) is 3.24. The lowest BCUT2D eigenvalue weighted by Crippen LogP contribution is -2.20. The van der Waals surface area contributed by atoms with E-state index in [4.69, 9.17) is 4.52 Å². The number of esters is 1. The highest BCUT2D eigenvalue weighted by molar-refractivity contribution is 5.96. The Balaban J connectivity index is 1.90. The number of hydrogen-bond acceptors (Lipinski definition) is 7. The number of hydrogen-bond donors (Lipinski definition) is 2. The van der Waals surface area contributed by atoms with Crippen molar-refractivity contribution in [1.82, 2.24) is 19.9 Å². The largest absolute Gasteiger partial charge is 0.465 e. The van der Waals surface area contributed by atoms with Gasteiger partial charge in [-0.2, -0.15) is 5.10 Å². The Hall–Kier alpha value is -3.43. The number of nitrogens with zero attached hydrogens (tertiary/aromatic N) is 3. The first kappa shape index (κ1) is 15.5. The Labute approximate surface area is 134 Å². The van der Waals surface area contributed by atoms with Crippen molar-refractivity contribution in [2.75, 3.05) is 12.4 Å². The van der Waals surface area contributed by atoms with Gasteiger partial charge in [-0.3, -0.25) is 14.9 Å². The smallest absolute Gasteiger partial charge is 0.341 e. The number of fused-ring (bicyclic) bond motifs is 1. The van der Waals surface area contributed by atoms with Crippen LogP contribution in [0.25, 0.3) is 11.3 Å².